The summed E-state index contributed by atoms with van der Waals surface area (Å²) in [4.78, 5) is 27.0. The monoisotopic (exact) mass is 352 g/mol. The van der Waals surface area contributed by atoms with Crippen LogP contribution in [0.4, 0.5) is 0 Å². The van der Waals surface area contributed by atoms with E-state index >= 15 is 0 Å². The van der Waals surface area contributed by atoms with E-state index in [0.29, 0.717) is 18.0 Å². The van der Waals surface area contributed by atoms with Gasteiger partial charge in [0.1, 0.15) is 5.54 Å². The molecule has 0 spiro atoms. The van der Waals surface area contributed by atoms with E-state index in [4.69, 9.17) is 16.3 Å². The van der Waals surface area contributed by atoms with E-state index in [0.717, 1.165) is 12.0 Å². The number of likely N-dealkylation sites (N-methyl/N-ethyl adjacent to an activating group) is 1. The lowest BCUT2D eigenvalue weighted by Gasteiger charge is -2.33. The first-order valence-electron chi connectivity index (χ1n) is 8.20. The van der Waals surface area contributed by atoms with Crippen LogP contribution in [0.25, 0.3) is 0 Å². The maximum absolute atomic E-state index is 12.7. The summed E-state index contributed by atoms with van der Waals surface area (Å²) >= 11 is 6.38. The molecule has 2 rings (SSSR count). The topological polar surface area (TPSA) is 58.6 Å². The minimum atomic E-state index is -0.868. The number of hydrogen-bond donors (Lipinski definition) is 1. The Balaban J connectivity index is 2.44. The second kappa shape index (κ2) is 7.53. The van der Waals surface area contributed by atoms with Gasteiger partial charge >= 0.3 is 5.97 Å². The van der Waals surface area contributed by atoms with Gasteiger partial charge in [-0.1, -0.05) is 36.7 Å². The van der Waals surface area contributed by atoms with Crippen molar-refractivity contribution >= 4 is 23.5 Å². The number of halogens is 1. The van der Waals surface area contributed by atoms with Crippen LogP contribution in [0.3, 0.4) is 0 Å². The van der Waals surface area contributed by atoms with Gasteiger partial charge in [0, 0.05) is 17.6 Å². The largest absolute Gasteiger partial charge is 0.468 e. The molecule has 0 radical (unpaired) electrons. The van der Waals surface area contributed by atoms with Crippen LogP contribution in [0.2, 0.25) is 5.02 Å². The molecule has 3 atom stereocenters. The molecule has 0 bridgehead atoms. The van der Waals surface area contributed by atoms with Gasteiger partial charge in [-0.3, -0.25) is 14.5 Å². The van der Waals surface area contributed by atoms with Gasteiger partial charge < -0.3 is 10.1 Å². The summed E-state index contributed by atoms with van der Waals surface area (Å²) in [5.41, 5.74) is -0.0155. The first-order valence-corrected chi connectivity index (χ1v) is 8.58. The van der Waals surface area contributed by atoms with Gasteiger partial charge in [-0.2, -0.15) is 0 Å². The molecule has 0 unspecified atom stereocenters. The molecule has 1 saturated heterocycles. The van der Waals surface area contributed by atoms with Crippen LogP contribution in [-0.4, -0.2) is 43.0 Å². The molecule has 0 saturated carbocycles. The fraction of sp³-hybridized carbons (Fsp3) is 0.556. The standard InChI is InChI=1S/C18H25ClN2O3/c1-5-10-20-16(22)13-11-18(2,17(23)24-4)21(3)15(13)12-8-6-7-9-14(12)19/h6-9,13,15H,5,10-11H2,1-4H3,(H,20,22)/t13-,15-,18-/m0/s1. The average Bonchev–Trinajstić information content (AvgIpc) is 2.85. The third kappa shape index (κ3) is 3.28. The van der Waals surface area contributed by atoms with Gasteiger partial charge in [-0.15, -0.1) is 0 Å². The number of carbonyl (C=O) groups is 2. The Bertz CT molecular complexity index is 622. The summed E-state index contributed by atoms with van der Waals surface area (Å²) in [6.07, 6.45) is 1.25. The molecule has 132 valence electrons. The van der Waals surface area contributed by atoms with Crippen LogP contribution >= 0.6 is 11.6 Å². The third-order valence-corrected chi connectivity index (χ3v) is 5.27. The Morgan fingerprint density at radius 1 is 1.42 bits per heavy atom. The molecule has 1 amide bonds. The van der Waals surface area contributed by atoms with Crippen molar-refractivity contribution in [2.75, 3.05) is 20.7 Å². The minimum Gasteiger partial charge on any atom is -0.468 e. The minimum absolute atomic E-state index is 0.0544. The van der Waals surface area contributed by atoms with E-state index < -0.39 is 5.54 Å². The molecule has 24 heavy (non-hydrogen) atoms. The van der Waals surface area contributed by atoms with Gasteiger partial charge in [0.2, 0.25) is 5.91 Å². The molecule has 1 aromatic rings. The van der Waals surface area contributed by atoms with Crippen molar-refractivity contribution in [1.29, 1.82) is 0 Å². The predicted octanol–water partition coefficient (Wildman–Crippen LogP) is 2.79. The molecule has 6 heteroatoms. The number of methoxy groups -OCH3 is 1. The van der Waals surface area contributed by atoms with Crippen molar-refractivity contribution in [3.63, 3.8) is 0 Å². The zero-order chi connectivity index (χ0) is 17.9. The number of nitrogens with one attached hydrogen (secondary N) is 1. The van der Waals surface area contributed by atoms with Crippen LogP contribution in [0.15, 0.2) is 24.3 Å². The summed E-state index contributed by atoms with van der Waals surface area (Å²) in [5.74, 6) is -0.764. The fourth-order valence-corrected chi connectivity index (χ4v) is 3.71. The van der Waals surface area contributed by atoms with Crippen LogP contribution in [0.1, 0.15) is 38.3 Å². The number of hydrogen-bond acceptors (Lipinski definition) is 4. The van der Waals surface area contributed by atoms with E-state index in [9.17, 15) is 9.59 Å². The molecule has 0 aliphatic carbocycles. The number of esters is 1. The molecular formula is C18H25ClN2O3. The molecule has 1 aliphatic heterocycles. The Labute approximate surface area is 148 Å². The summed E-state index contributed by atoms with van der Waals surface area (Å²) in [7, 11) is 3.22. The highest BCUT2D eigenvalue weighted by molar-refractivity contribution is 6.31. The lowest BCUT2D eigenvalue weighted by Crippen LogP contribution is -2.47. The zero-order valence-corrected chi connectivity index (χ0v) is 15.4. The number of carbonyl (C=O) groups excluding carboxylic acids is 2. The quantitative estimate of drug-likeness (QED) is 0.828. The first-order chi connectivity index (χ1) is 11.4. The number of benzene rings is 1. The highest BCUT2D eigenvalue weighted by Gasteiger charge is 2.55. The number of ether oxygens (including phenoxy) is 1. The maximum Gasteiger partial charge on any atom is 0.326 e. The number of rotatable bonds is 5. The van der Waals surface area contributed by atoms with Crippen molar-refractivity contribution < 1.29 is 14.3 Å². The molecule has 0 aromatic heterocycles. The summed E-state index contributed by atoms with van der Waals surface area (Å²) in [5, 5.41) is 3.54. The van der Waals surface area contributed by atoms with Gasteiger partial charge in [0.15, 0.2) is 0 Å². The molecule has 1 N–H and O–H groups in total. The number of likely N-dealkylation sites (tertiary alicyclic amines) is 1. The van der Waals surface area contributed by atoms with Gasteiger partial charge in [0.25, 0.3) is 0 Å². The summed E-state index contributed by atoms with van der Waals surface area (Å²) in [6.45, 7) is 4.43. The first kappa shape index (κ1) is 18.7. The molecule has 1 fully saturated rings. The lowest BCUT2D eigenvalue weighted by molar-refractivity contribution is -0.152. The predicted molar refractivity (Wildman–Crippen MR) is 93.8 cm³/mol. The van der Waals surface area contributed by atoms with E-state index in [1.807, 2.05) is 44.0 Å². The van der Waals surface area contributed by atoms with E-state index in [1.54, 1.807) is 6.07 Å². The van der Waals surface area contributed by atoms with E-state index in [2.05, 4.69) is 5.32 Å². The van der Waals surface area contributed by atoms with Gasteiger partial charge in [0.05, 0.1) is 13.0 Å². The Morgan fingerprint density at radius 2 is 2.08 bits per heavy atom. The van der Waals surface area contributed by atoms with Crippen molar-refractivity contribution in [2.24, 2.45) is 5.92 Å². The molecule has 1 heterocycles. The molecular weight excluding hydrogens is 328 g/mol. The summed E-state index contributed by atoms with van der Waals surface area (Å²) < 4.78 is 4.99. The van der Waals surface area contributed by atoms with E-state index in [1.165, 1.54) is 7.11 Å². The van der Waals surface area contributed by atoms with Crippen molar-refractivity contribution in [3.05, 3.63) is 34.9 Å². The highest BCUT2D eigenvalue weighted by Crippen LogP contribution is 2.47. The van der Waals surface area contributed by atoms with Crippen LogP contribution in [0, 0.1) is 5.92 Å². The Hall–Kier alpha value is -1.59. The Kier molecular flexibility index (Phi) is 5.88. The van der Waals surface area contributed by atoms with Gasteiger partial charge in [-0.05, 0) is 38.4 Å². The maximum atomic E-state index is 12.7. The Morgan fingerprint density at radius 3 is 2.67 bits per heavy atom. The van der Waals surface area contributed by atoms with Crippen molar-refractivity contribution in [1.82, 2.24) is 10.2 Å². The van der Waals surface area contributed by atoms with Crippen LogP contribution in [0.5, 0.6) is 0 Å². The fourth-order valence-electron chi connectivity index (χ4n) is 3.46. The third-order valence-electron chi connectivity index (χ3n) is 4.93. The second-order valence-corrected chi connectivity index (χ2v) is 6.85. The van der Waals surface area contributed by atoms with Crippen molar-refractivity contribution in [2.45, 2.75) is 38.3 Å². The SMILES string of the molecule is CCCNC(=O)[C@H]1C[C@@](C)(C(=O)OC)N(C)[C@H]1c1ccccc1Cl. The number of nitrogens with zero attached hydrogens (tertiary/aromatic N) is 1. The van der Waals surface area contributed by atoms with Crippen LogP contribution < -0.4 is 5.32 Å². The average molecular weight is 353 g/mol. The summed E-state index contributed by atoms with van der Waals surface area (Å²) in [6, 6.07) is 7.18. The van der Waals surface area contributed by atoms with Crippen molar-refractivity contribution in [3.8, 4) is 0 Å². The van der Waals surface area contributed by atoms with Crippen LogP contribution in [-0.2, 0) is 14.3 Å². The highest BCUT2D eigenvalue weighted by atomic mass is 35.5. The van der Waals surface area contributed by atoms with E-state index in [-0.39, 0.29) is 23.8 Å². The molecule has 1 aromatic carbocycles. The zero-order valence-electron chi connectivity index (χ0n) is 14.6. The second-order valence-electron chi connectivity index (χ2n) is 6.44. The van der Waals surface area contributed by atoms with Gasteiger partial charge in [-0.25, -0.2) is 0 Å². The number of amides is 1. The lowest BCUT2D eigenvalue weighted by atomic mass is 9.89. The molecule has 1 aliphatic rings. The molecule has 5 nitrogen and oxygen atoms in total. The normalized spacial score (nSPS) is 27.0. The smallest absolute Gasteiger partial charge is 0.326 e.